The molecule has 1 aromatic heterocycles. The van der Waals surface area contributed by atoms with Crippen LogP contribution in [-0.2, 0) is 0 Å². The molecule has 1 N–H and O–H groups in total. The first-order valence-corrected chi connectivity index (χ1v) is 7.36. The first-order valence-electron chi connectivity index (χ1n) is 6.19. The van der Waals surface area contributed by atoms with E-state index in [1.165, 1.54) is 6.07 Å². The molecule has 0 fully saturated rings. The highest BCUT2D eigenvalue weighted by atomic mass is 79.9. The second kappa shape index (κ2) is 5.58. The zero-order valence-electron chi connectivity index (χ0n) is 11.0. The number of rotatable bonds is 2. The van der Waals surface area contributed by atoms with Crippen LogP contribution in [0.4, 0.5) is 10.2 Å². The summed E-state index contributed by atoms with van der Waals surface area (Å²) in [5, 5.41) is 3.93. The van der Waals surface area contributed by atoms with Crippen molar-refractivity contribution < 1.29 is 4.39 Å². The summed E-state index contributed by atoms with van der Waals surface area (Å²) < 4.78 is 14.5. The van der Waals surface area contributed by atoms with E-state index in [9.17, 15) is 4.39 Å². The van der Waals surface area contributed by atoms with Gasteiger partial charge in [-0.05, 0) is 30.3 Å². The Morgan fingerprint density at radius 2 is 2.00 bits per heavy atom. The maximum atomic E-state index is 13.6. The molecule has 2 aromatic carbocycles. The van der Waals surface area contributed by atoms with Crippen molar-refractivity contribution in [1.29, 1.82) is 0 Å². The monoisotopic (exact) mass is 365 g/mol. The molecule has 1 heterocycles. The van der Waals surface area contributed by atoms with E-state index in [1.807, 2.05) is 18.2 Å². The molecular weight excluding hydrogens is 357 g/mol. The predicted molar refractivity (Wildman–Crippen MR) is 87.2 cm³/mol. The maximum absolute atomic E-state index is 13.6. The van der Waals surface area contributed by atoms with Gasteiger partial charge in [0.05, 0.1) is 10.5 Å². The van der Waals surface area contributed by atoms with Gasteiger partial charge >= 0.3 is 0 Å². The highest BCUT2D eigenvalue weighted by Gasteiger charge is 2.13. The van der Waals surface area contributed by atoms with Gasteiger partial charge < -0.3 is 5.32 Å². The van der Waals surface area contributed by atoms with E-state index in [1.54, 1.807) is 19.2 Å². The number of hydrogen-bond acceptors (Lipinski definition) is 3. The Morgan fingerprint density at radius 3 is 2.76 bits per heavy atom. The Bertz CT molecular complexity index is 839. The van der Waals surface area contributed by atoms with Crippen LogP contribution in [0, 0.1) is 5.82 Å². The van der Waals surface area contributed by atoms with E-state index in [-0.39, 0.29) is 5.02 Å². The lowest BCUT2D eigenvalue weighted by Crippen LogP contribution is -1.99. The van der Waals surface area contributed by atoms with Crippen LogP contribution < -0.4 is 5.32 Å². The summed E-state index contributed by atoms with van der Waals surface area (Å²) in [6, 6.07) is 10.3. The molecule has 0 aliphatic rings. The number of hydrogen-bond donors (Lipinski definition) is 1. The molecule has 106 valence electrons. The third kappa shape index (κ3) is 2.59. The molecule has 6 heteroatoms. The predicted octanol–water partition coefficient (Wildman–Crippen LogP) is 4.89. The Kier molecular flexibility index (Phi) is 3.78. The topological polar surface area (TPSA) is 37.8 Å². The molecule has 21 heavy (non-hydrogen) atoms. The normalized spacial score (nSPS) is 10.9. The van der Waals surface area contributed by atoms with Gasteiger partial charge in [-0.2, -0.15) is 0 Å². The molecule has 0 saturated carbocycles. The highest BCUT2D eigenvalue weighted by Crippen LogP contribution is 2.31. The third-order valence-electron chi connectivity index (χ3n) is 3.09. The van der Waals surface area contributed by atoms with Crippen LogP contribution in [0.2, 0.25) is 5.02 Å². The summed E-state index contributed by atoms with van der Waals surface area (Å²) in [5.74, 6) is 0.565. The first kappa shape index (κ1) is 14.2. The number of anilines is 1. The standard InChI is InChI=1S/C15H10BrClFN3/c1-19-14-10-7-8(16)5-6-12(10)20-15(21-14)9-3-2-4-11(18)13(9)17/h2-7H,1H3,(H,19,20,21). The van der Waals surface area contributed by atoms with Gasteiger partial charge in [0.15, 0.2) is 5.82 Å². The van der Waals surface area contributed by atoms with Gasteiger partial charge in [-0.15, -0.1) is 0 Å². The number of nitrogens with one attached hydrogen (secondary N) is 1. The average Bonchev–Trinajstić information content (AvgIpc) is 2.49. The highest BCUT2D eigenvalue weighted by molar-refractivity contribution is 9.10. The van der Waals surface area contributed by atoms with Crippen LogP contribution in [0.3, 0.4) is 0 Å². The van der Waals surface area contributed by atoms with Crippen LogP contribution in [0.25, 0.3) is 22.3 Å². The van der Waals surface area contributed by atoms with Crippen molar-refractivity contribution in [3.8, 4) is 11.4 Å². The summed E-state index contributed by atoms with van der Waals surface area (Å²) in [5.41, 5.74) is 1.23. The van der Waals surface area contributed by atoms with Crippen molar-refractivity contribution in [2.45, 2.75) is 0 Å². The molecule has 0 radical (unpaired) electrons. The molecule has 0 saturated heterocycles. The maximum Gasteiger partial charge on any atom is 0.163 e. The average molecular weight is 367 g/mol. The Labute approximate surface area is 134 Å². The summed E-state index contributed by atoms with van der Waals surface area (Å²) >= 11 is 9.44. The lowest BCUT2D eigenvalue weighted by atomic mass is 10.1. The molecular formula is C15H10BrClFN3. The van der Waals surface area contributed by atoms with Crippen LogP contribution in [-0.4, -0.2) is 17.0 Å². The number of nitrogens with zero attached hydrogens (tertiary/aromatic N) is 2. The van der Waals surface area contributed by atoms with Gasteiger partial charge in [0, 0.05) is 22.5 Å². The fraction of sp³-hybridized carbons (Fsp3) is 0.0667. The van der Waals surface area contributed by atoms with Crippen molar-refractivity contribution >= 4 is 44.3 Å². The van der Waals surface area contributed by atoms with E-state index >= 15 is 0 Å². The van der Waals surface area contributed by atoms with Gasteiger partial charge in [-0.3, -0.25) is 0 Å². The summed E-state index contributed by atoms with van der Waals surface area (Å²) in [6.07, 6.45) is 0. The Hall–Kier alpha value is -1.72. The fourth-order valence-corrected chi connectivity index (χ4v) is 2.66. The number of fused-ring (bicyclic) bond motifs is 1. The summed E-state index contributed by atoms with van der Waals surface area (Å²) in [6.45, 7) is 0. The Morgan fingerprint density at radius 1 is 1.19 bits per heavy atom. The van der Waals surface area contributed by atoms with Crippen molar-refractivity contribution in [2.24, 2.45) is 0 Å². The SMILES string of the molecule is CNc1nc(-c2cccc(F)c2Cl)nc2ccc(Br)cc12. The van der Waals surface area contributed by atoms with E-state index < -0.39 is 5.82 Å². The van der Waals surface area contributed by atoms with Gasteiger partial charge in [0.25, 0.3) is 0 Å². The molecule has 3 aromatic rings. The quantitative estimate of drug-likeness (QED) is 0.701. The second-order valence-corrected chi connectivity index (χ2v) is 5.70. The molecule has 0 aliphatic heterocycles. The fourth-order valence-electron chi connectivity index (χ4n) is 2.09. The Balaban J connectivity index is 2.29. The van der Waals surface area contributed by atoms with E-state index in [0.717, 1.165) is 15.4 Å². The van der Waals surface area contributed by atoms with Crippen LogP contribution in [0.1, 0.15) is 0 Å². The smallest absolute Gasteiger partial charge is 0.163 e. The van der Waals surface area contributed by atoms with Crippen molar-refractivity contribution in [3.05, 3.63) is 51.7 Å². The third-order valence-corrected chi connectivity index (χ3v) is 3.96. The number of aromatic nitrogens is 2. The molecule has 3 nitrogen and oxygen atoms in total. The lowest BCUT2D eigenvalue weighted by Gasteiger charge is -2.10. The van der Waals surface area contributed by atoms with Crippen LogP contribution in [0.15, 0.2) is 40.9 Å². The molecule has 0 atom stereocenters. The zero-order chi connectivity index (χ0) is 15.0. The molecule has 0 amide bonds. The molecule has 3 rings (SSSR count). The largest absolute Gasteiger partial charge is 0.373 e. The van der Waals surface area contributed by atoms with Gasteiger partial charge in [0.1, 0.15) is 11.6 Å². The van der Waals surface area contributed by atoms with Crippen LogP contribution in [0.5, 0.6) is 0 Å². The van der Waals surface area contributed by atoms with Gasteiger partial charge in [0.2, 0.25) is 0 Å². The van der Waals surface area contributed by atoms with Gasteiger partial charge in [-0.1, -0.05) is 33.6 Å². The molecule has 0 unspecified atom stereocenters. The van der Waals surface area contributed by atoms with Crippen molar-refractivity contribution in [1.82, 2.24) is 9.97 Å². The molecule has 0 aliphatic carbocycles. The van der Waals surface area contributed by atoms with E-state index in [2.05, 4.69) is 31.2 Å². The molecule has 0 spiro atoms. The zero-order valence-corrected chi connectivity index (χ0v) is 13.3. The minimum Gasteiger partial charge on any atom is -0.373 e. The second-order valence-electron chi connectivity index (χ2n) is 4.41. The first-order chi connectivity index (χ1) is 10.1. The minimum absolute atomic E-state index is 0.0241. The number of halogens is 3. The van der Waals surface area contributed by atoms with Crippen LogP contribution >= 0.6 is 27.5 Å². The summed E-state index contributed by atoms with van der Waals surface area (Å²) in [7, 11) is 1.78. The van der Waals surface area contributed by atoms with E-state index in [0.29, 0.717) is 17.2 Å². The van der Waals surface area contributed by atoms with Crippen molar-refractivity contribution in [3.63, 3.8) is 0 Å². The van der Waals surface area contributed by atoms with E-state index in [4.69, 9.17) is 11.6 Å². The van der Waals surface area contributed by atoms with Crippen molar-refractivity contribution in [2.75, 3.05) is 12.4 Å². The lowest BCUT2D eigenvalue weighted by molar-refractivity contribution is 0.628. The molecule has 0 bridgehead atoms. The summed E-state index contributed by atoms with van der Waals surface area (Å²) in [4.78, 5) is 8.91. The number of benzene rings is 2. The van der Waals surface area contributed by atoms with Gasteiger partial charge in [-0.25, -0.2) is 14.4 Å². The minimum atomic E-state index is -0.486.